The van der Waals surface area contributed by atoms with Gasteiger partial charge < -0.3 is 14.8 Å². The molecule has 0 radical (unpaired) electrons. The number of aryl methyl sites for hydroxylation is 2. The number of nitrogens with zero attached hydrogens (tertiary/aromatic N) is 2. The maximum absolute atomic E-state index is 5.30. The van der Waals surface area contributed by atoms with Crippen molar-refractivity contribution in [2.45, 2.75) is 20.3 Å². The molecule has 1 aromatic carbocycles. The van der Waals surface area contributed by atoms with Crippen LogP contribution >= 0.6 is 0 Å². The highest BCUT2D eigenvalue weighted by atomic mass is 16.5. The van der Waals surface area contributed by atoms with Crippen LogP contribution in [0.3, 0.4) is 0 Å². The number of aromatic nitrogens is 2. The van der Waals surface area contributed by atoms with Gasteiger partial charge in [0.05, 0.1) is 14.2 Å². The highest BCUT2D eigenvalue weighted by molar-refractivity contribution is 5.43. The normalized spacial score (nSPS) is 10.3. The lowest BCUT2D eigenvalue weighted by Gasteiger charge is -2.10. The van der Waals surface area contributed by atoms with E-state index in [2.05, 4.69) is 15.3 Å². The molecule has 1 aromatic heterocycles. The third kappa shape index (κ3) is 4.08. The van der Waals surface area contributed by atoms with Crippen LogP contribution in [-0.4, -0.2) is 30.7 Å². The van der Waals surface area contributed by atoms with Gasteiger partial charge in [0.2, 0.25) is 5.95 Å². The summed E-state index contributed by atoms with van der Waals surface area (Å²) in [6.07, 6.45) is 0.858. The Morgan fingerprint density at radius 1 is 0.952 bits per heavy atom. The monoisotopic (exact) mass is 287 g/mol. The van der Waals surface area contributed by atoms with Crippen LogP contribution in [0.25, 0.3) is 0 Å². The van der Waals surface area contributed by atoms with Gasteiger partial charge in [0.1, 0.15) is 0 Å². The van der Waals surface area contributed by atoms with Gasteiger partial charge in [0.25, 0.3) is 0 Å². The number of hydrogen-bond donors (Lipinski definition) is 1. The van der Waals surface area contributed by atoms with Crippen LogP contribution in [0.2, 0.25) is 0 Å². The Kier molecular flexibility index (Phi) is 4.98. The number of rotatable bonds is 6. The second-order valence-corrected chi connectivity index (χ2v) is 4.84. The molecule has 0 aliphatic heterocycles. The van der Waals surface area contributed by atoms with Gasteiger partial charge in [-0.1, -0.05) is 6.07 Å². The zero-order chi connectivity index (χ0) is 15.2. The van der Waals surface area contributed by atoms with Crippen LogP contribution in [0, 0.1) is 13.8 Å². The first-order valence-corrected chi connectivity index (χ1v) is 6.89. The van der Waals surface area contributed by atoms with Crippen LogP contribution in [-0.2, 0) is 6.42 Å². The van der Waals surface area contributed by atoms with E-state index in [-0.39, 0.29) is 0 Å². The Morgan fingerprint density at radius 2 is 1.62 bits per heavy atom. The van der Waals surface area contributed by atoms with E-state index in [0.717, 1.165) is 35.9 Å². The van der Waals surface area contributed by atoms with E-state index in [0.29, 0.717) is 5.95 Å². The summed E-state index contributed by atoms with van der Waals surface area (Å²) >= 11 is 0. The Hall–Kier alpha value is -2.30. The average Bonchev–Trinajstić information content (AvgIpc) is 2.46. The highest BCUT2D eigenvalue weighted by Gasteiger charge is 2.05. The van der Waals surface area contributed by atoms with Gasteiger partial charge in [0.15, 0.2) is 11.5 Å². The lowest BCUT2D eigenvalue weighted by atomic mass is 10.1. The molecule has 0 atom stereocenters. The van der Waals surface area contributed by atoms with Gasteiger partial charge in [-0.25, -0.2) is 9.97 Å². The van der Waals surface area contributed by atoms with Crippen LogP contribution in [0.15, 0.2) is 24.3 Å². The van der Waals surface area contributed by atoms with E-state index in [9.17, 15) is 0 Å². The fourth-order valence-electron chi connectivity index (χ4n) is 2.16. The van der Waals surface area contributed by atoms with Crippen molar-refractivity contribution in [3.8, 4) is 11.5 Å². The number of hydrogen-bond acceptors (Lipinski definition) is 5. The van der Waals surface area contributed by atoms with Gasteiger partial charge in [-0.05, 0) is 44.0 Å². The van der Waals surface area contributed by atoms with E-state index >= 15 is 0 Å². The molecule has 2 aromatic rings. The molecule has 0 spiro atoms. The average molecular weight is 287 g/mol. The fourth-order valence-corrected chi connectivity index (χ4v) is 2.16. The van der Waals surface area contributed by atoms with E-state index in [1.807, 2.05) is 38.1 Å². The summed E-state index contributed by atoms with van der Waals surface area (Å²) in [7, 11) is 3.28. The molecule has 112 valence electrons. The zero-order valence-corrected chi connectivity index (χ0v) is 12.9. The molecule has 1 heterocycles. The summed E-state index contributed by atoms with van der Waals surface area (Å²) in [6, 6.07) is 7.90. The molecule has 0 amide bonds. The summed E-state index contributed by atoms with van der Waals surface area (Å²) in [4.78, 5) is 8.72. The molecule has 5 nitrogen and oxygen atoms in total. The second kappa shape index (κ2) is 6.92. The topological polar surface area (TPSA) is 56.3 Å². The predicted octanol–water partition coefficient (Wildman–Crippen LogP) is 2.77. The Morgan fingerprint density at radius 3 is 2.24 bits per heavy atom. The third-order valence-electron chi connectivity index (χ3n) is 3.13. The summed E-state index contributed by atoms with van der Waals surface area (Å²) < 4.78 is 10.5. The third-order valence-corrected chi connectivity index (χ3v) is 3.13. The first-order chi connectivity index (χ1) is 10.1. The summed E-state index contributed by atoms with van der Waals surface area (Å²) in [5.74, 6) is 2.16. The van der Waals surface area contributed by atoms with Gasteiger partial charge in [-0.15, -0.1) is 0 Å². The number of ether oxygens (including phenoxy) is 2. The van der Waals surface area contributed by atoms with Crippen molar-refractivity contribution in [2.24, 2.45) is 0 Å². The molecule has 0 saturated carbocycles. The molecule has 2 rings (SSSR count). The number of benzene rings is 1. The second-order valence-electron chi connectivity index (χ2n) is 4.84. The van der Waals surface area contributed by atoms with Crippen molar-refractivity contribution in [1.29, 1.82) is 0 Å². The molecule has 0 fully saturated rings. The number of methoxy groups -OCH3 is 2. The van der Waals surface area contributed by atoms with Crippen molar-refractivity contribution in [2.75, 3.05) is 26.1 Å². The molecule has 0 saturated heterocycles. The Bertz CT molecular complexity index is 594. The summed E-state index contributed by atoms with van der Waals surface area (Å²) in [5, 5.41) is 3.25. The predicted molar refractivity (Wildman–Crippen MR) is 83.2 cm³/mol. The maximum atomic E-state index is 5.30. The molecule has 0 unspecified atom stereocenters. The lowest BCUT2D eigenvalue weighted by Crippen LogP contribution is -2.09. The van der Waals surface area contributed by atoms with Gasteiger partial charge in [0, 0.05) is 17.9 Å². The molecule has 5 heteroatoms. The standard InChI is InChI=1S/C16H21N3O2/c1-11-9-12(2)19-16(18-11)17-8-7-13-5-6-14(20-3)15(10-13)21-4/h5-6,9-10H,7-8H2,1-4H3,(H,17,18,19). The fraction of sp³-hybridized carbons (Fsp3) is 0.375. The van der Waals surface area contributed by atoms with Gasteiger partial charge in [-0.3, -0.25) is 0 Å². The first-order valence-electron chi connectivity index (χ1n) is 6.89. The number of anilines is 1. The molecule has 1 N–H and O–H groups in total. The lowest BCUT2D eigenvalue weighted by molar-refractivity contribution is 0.354. The molecule has 0 aliphatic rings. The molecule has 21 heavy (non-hydrogen) atoms. The van der Waals surface area contributed by atoms with Crippen LogP contribution in [0.5, 0.6) is 11.5 Å². The zero-order valence-electron chi connectivity index (χ0n) is 12.9. The summed E-state index contributed by atoms with van der Waals surface area (Å²) in [6.45, 7) is 4.70. The quantitative estimate of drug-likeness (QED) is 0.885. The maximum Gasteiger partial charge on any atom is 0.223 e. The largest absolute Gasteiger partial charge is 0.493 e. The number of nitrogens with one attached hydrogen (secondary N) is 1. The molecule has 0 bridgehead atoms. The smallest absolute Gasteiger partial charge is 0.223 e. The van der Waals surface area contributed by atoms with Crippen molar-refractivity contribution in [1.82, 2.24) is 9.97 Å². The molecular weight excluding hydrogens is 266 g/mol. The SMILES string of the molecule is COc1ccc(CCNc2nc(C)cc(C)n2)cc1OC. The minimum atomic E-state index is 0.674. The van der Waals surface area contributed by atoms with Crippen molar-refractivity contribution >= 4 is 5.95 Å². The summed E-state index contributed by atoms with van der Waals surface area (Å²) in [5.41, 5.74) is 3.11. The molecule has 0 aliphatic carbocycles. The van der Waals surface area contributed by atoms with E-state index < -0.39 is 0 Å². The minimum Gasteiger partial charge on any atom is -0.493 e. The Balaban J connectivity index is 1.97. The van der Waals surface area contributed by atoms with Crippen LogP contribution < -0.4 is 14.8 Å². The van der Waals surface area contributed by atoms with E-state index in [1.54, 1.807) is 14.2 Å². The van der Waals surface area contributed by atoms with Crippen molar-refractivity contribution in [3.05, 3.63) is 41.2 Å². The van der Waals surface area contributed by atoms with E-state index in [1.165, 1.54) is 5.56 Å². The minimum absolute atomic E-state index is 0.674. The van der Waals surface area contributed by atoms with E-state index in [4.69, 9.17) is 9.47 Å². The van der Waals surface area contributed by atoms with Crippen molar-refractivity contribution < 1.29 is 9.47 Å². The van der Waals surface area contributed by atoms with Crippen LogP contribution in [0.1, 0.15) is 17.0 Å². The first kappa shape index (κ1) is 15.1. The molecular formula is C16H21N3O2. The Labute approximate surface area is 125 Å². The highest BCUT2D eigenvalue weighted by Crippen LogP contribution is 2.27. The van der Waals surface area contributed by atoms with Gasteiger partial charge >= 0.3 is 0 Å². The van der Waals surface area contributed by atoms with Crippen molar-refractivity contribution in [3.63, 3.8) is 0 Å². The van der Waals surface area contributed by atoms with Crippen LogP contribution in [0.4, 0.5) is 5.95 Å². The van der Waals surface area contributed by atoms with Gasteiger partial charge in [-0.2, -0.15) is 0 Å².